The zero-order valence-corrected chi connectivity index (χ0v) is 23.2. The third kappa shape index (κ3) is 5.46. The van der Waals surface area contributed by atoms with E-state index in [4.69, 9.17) is 14.6 Å². The topological polar surface area (TPSA) is 94.7 Å². The molecule has 1 amide bonds. The van der Waals surface area contributed by atoms with E-state index in [1.165, 1.54) is 32.0 Å². The van der Waals surface area contributed by atoms with Crippen molar-refractivity contribution in [3.05, 3.63) is 54.8 Å². The van der Waals surface area contributed by atoms with E-state index >= 15 is 0 Å². The highest BCUT2D eigenvalue weighted by atomic mass is 16.5. The molecule has 210 valence electrons. The molecule has 9 nitrogen and oxygen atoms in total. The third-order valence-electron chi connectivity index (χ3n) is 8.52. The molecular formula is C31H38N6O3. The number of hydrazone groups is 1. The van der Waals surface area contributed by atoms with E-state index in [1.54, 1.807) is 13.3 Å². The number of imidazole rings is 1. The molecule has 3 heterocycles. The second kappa shape index (κ2) is 12.2. The van der Waals surface area contributed by atoms with Crippen LogP contribution in [0.4, 0.5) is 0 Å². The van der Waals surface area contributed by atoms with Crippen LogP contribution >= 0.6 is 0 Å². The minimum absolute atomic E-state index is 0.0446. The van der Waals surface area contributed by atoms with Gasteiger partial charge in [-0.05, 0) is 56.7 Å². The summed E-state index contributed by atoms with van der Waals surface area (Å²) >= 11 is 0. The molecule has 2 unspecified atom stereocenters. The molecular weight excluding hydrogens is 504 g/mol. The van der Waals surface area contributed by atoms with Gasteiger partial charge in [-0.2, -0.15) is 5.10 Å². The maximum atomic E-state index is 13.6. The maximum absolute atomic E-state index is 13.6. The van der Waals surface area contributed by atoms with Gasteiger partial charge in [0.25, 0.3) is 0 Å². The van der Waals surface area contributed by atoms with Crippen molar-refractivity contribution in [1.29, 1.82) is 0 Å². The van der Waals surface area contributed by atoms with E-state index in [9.17, 15) is 4.79 Å². The van der Waals surface area contributed by atoms with Gasteiger partial charge in [0.1, 0.15) is 11.8 Å². The van der Waals surface area contributed by atoms with Crippen LogP contribution in [0.3, 0.4) is 0 Å². The Hall–Kier alpha value is -3.75. The number of fused-ring (bicyclic) bond motifs is 2. The smallest absolute Gasteiger partial charge is 0.247 e. The molecule has 0 bridgehead atoms. The SMILES string of the molecule is COc1ccc(C2=NN(C3CCCCCC3)C(=O)C3CC=CCC23)cc1OCCCCn1cnc2ncncc21. The lowest BCUT2D eigenvalue weighted by Gasteiger charge is -2.40. The number of methoxy groups -OCH3 is 1. The van der Waals surface area contributed by atoms with Gasteiger partial charge in [0.2, 0.25) is 5.91 Å². The summed E-state index contributed by atoms with van der Waals surface area (Å²) in [5.74, 6) is 1.67. The Morgan fingerprint density at radius 2 is 1.80 bits per heavy atom. The Kier molecular flexibility index (Phi) is 8.07. The molecule has 9 heteroatoms. The summed E-state index contributed by atoms with van der Waals surface area (Å²) in [4.78, 5) is 26.3. The number of amides is 1. The molecule has 3 aliphatic rings. The van der Waals surface area contributed by atoms with Gasteiger partial charge >= 0.3 is 0 Å². The summed E-state index contributed by atoms with van der Waals surface area (Å²) in [7, 11) is 1.67. The van der Waals surface area contributed by atoms with Gasteiger partial charge in [0.05, 0.1) is 43.9 Å². The van der Waals surface area contributed by atoms with Crippen molar-refractivity contribution in [2.24, 2.45) is 16.9 Å². The average molecular weight is 543 g/mol. The summed E-state index contributed by atoms with van der Waals surface area (Å²) in [5.41, 5.74) is 3.67. The molecule has 40 heavy (non-hydrogen) atoms. The highest BCUT2D eigenvalue weighted by molar-refractivity contribution is 6.07. The highest BCUT2D eigenvalue weighted by Gasteiger charge is 2.42. The van der Waals surface area contributed by atoms with Crippen LogP contribution in [0, 0.1) is 11.8 Å². The number of aromatic nitrogens is 4. The van der Waals surface area contributed by atoms with Gasteiger partial charge in [-0.1, -0.05) is 37.8 Å². The zero-order valence-electron chi connectivity index (χ0n) is 23.2. The van der Waals surface area contributed by atoms with Gasteiger partial charge < -0.3 is 14.0 Å². The van der Waals surface area contributed by atoms with Crippen LogP contribution in [0.2, 0.25) is 0 Å². The van der Waals surface area contributed by atoms with Crippen LogP contribution in [-0.4, -0.2) is 55.9 Å². The van der Waals surface area contributed by atoms with Crippen LogP contribution in [-0.2, 0) is 11.3 Å². The molecule has 2 aliphatic carbocycles. The average Bonchev–Trinajstić information content (AvgIpc) is 3.21. The molecule has 0 radical (unpaired) electrons. The number of carbonyl (C=O) groups excluding carboxylic acids is 1. The fraction of sp³-hybridized carbons (Fsp3) is 0.516. The first-order chi connectivity index (χ1) is 19.7. The second-order valence-corrected chi connectivity index (χ2v) is 11.1. The lowest BCUT2D eigenvalue weighted by molar-refractivity contribution is -0.140. The van der Waals surface area contributed by atoms with Gasteiger partial charge in [0, 0.05) is 18.0 Å². The first-order valence-electron chi connectivity index (χ1n) is 14.7. The Morgan fingerprint density at radius 1 is 0.975 bits per heavy atom. The van der Waals surface area contributed by atoms with Crippen LogP contribution < -0.4 is 9.47 Å². The van der Waals surface area contributed by atoms with Crippen LogP contribution in [0.25, 0.3) is 11.2 Å². The zero-order chi connectivity index (χ0) is 27.3. The van der Waals surface area contributed by atoms with Gasteiger partial charge in [-0.25, -0.2) is 20.0 Å². The Labute approximate surface area is 235 Å². The van der Waals surface area contributed by atoms with Crippen molar-refractivity contribution < 1.29 is 14.3 Å². The molecule has 2 atom stereocenters. The molecule has 1 fully saturated rings. The van der Waals surface area contributed by atoms with E-state index < -0.39 is 0 Å². The summed E-state index contributed by atoms with van der Waals surface area (Å²) in [6, 6.07) is 6.28. The summed E-state index contributed by atoms with van der Waals surface area (Å²) < 4.78 is 14.0. The lowest BCUT2D eigenvalue weighted by Crippen LogP contribution is -2.49. The highest BCUT2D eigenvalue weighted by Crippen LogP contribution is 2.39. The minimum atomic E-state index is -0.0446. The molecule has 2 aromatic heterocycles. The first-order valence-corrected chi connectivity index (χ1v) is 14.7. The van der Waals surface area contributed by atoms with Crippen molar-refractivity contribution in [2.45, 2.75) is 76.8 Å². The van der Waals surface area contributed by atoms with E-state index in [1.807, 2.05) is 17.4 Å². The number of benzene rings is 1. The van der Waals surface area contributed by atoms with Gasteiger partial charge in [-0.3, -0.25) is 4.79 Å². The van der Waals surface area contributed by atoms with Crippen molar-refractivity contribution in [2.75, 3.05) is 13.7 Å². The number of ether oxygens (including phenoxy) is 2. The minimum Gasteiger partial charge on any atom is -0.493 e. The molecule has 0 spiro atoms. The van der Waals surface area contributed by atoms with E-state index in [0.717, 1.165) is 61.9 Å². The monoisotopic (exact) mass is 542 g/mol. The largest absolute Gasteiger partial charge is 0.493 e. The predicted molar refractivity (Wildman–Crippen MR) is 153 cm³/mol. The molecule has 0 N–H and O–H groups in total. The number of allylic oxidation sites excluding steroid dienone is 2. The predicted octanol–water partition coefficient (Wildman–Crippen LogP) is 5.55. The van der Waals surface area contributed by atoms with Crippen LogP contribution in [0.15, 0.2) is 54.3 Å². The number of hydrogen-bond acceptors (Lipinski definition) is 7. The standard InChI is InChI=1S/C31H38N6O3/c1-39-27-15-14-22(18-28(27)40-17-9-8-16-36-21-34-30-26(36)19-32-20-33-30)29-24-12-6-7-13-25(24)31(38)37(35-29)23-10-4-2-3-5-11-23/h6-7,14-15,18-21,23-25H,2-5,8-13,16-17H2,1H3. The Bertz CT molecular complexity index is 1390. The fourth-order valence-corrected chi connectivity index (χ4v) is 6.33. The molecule has 3 aromatic rings. The lowest BCUT2D eigenvalue weighted by atomic mass is 9.76. The summed E-state index contributed by atoms with van der Waals surface area (Å²) in [5, 5.41) is 6.95. The van der Waals surface area contributed by atoms with Gasteiger partial charge in [-0.15, -0.1) is 0 Å². The number of rotatable bonds is 9. The van der Waals surface area contributed by atoms with Crippen molar-refractivity contribution in [1.82, 2.24) is 24.5 Å². The number of hydrogen-bond donors (Lipinski definition) is 0. The third-order valence-corrected chi connectivity index (χ3v) is 8.52. The fourth-order valence-electron chi connectivity index (χ4n) is 6.33. The van der Waals surface area contributed by atoms with E-state index in [-0.39, 0.29) is 23.8 Å². The first kappa shape index (κ1) is 26.5. The molecule has 1 saturated carbocycles. The van der Waals surface area contributed by atoms with Crippen molar-refractivity contribution in [3.63, 3.8) is 0 Å². The maximum Gasteiger partial charge on any atom is 0.247 e. The van der Waals surface area contributed by atoms with Crippen molar-refractivity contribution in [3.8, 4) is 11.5 Å². The summed E-state index contributed by atoms with van der Waals surface area (Å²) in [6.45, 7) is 1.39. The number of unbranched alkanes of at least 4 members (excludes halogenated alkanes) is 1. The molecule has 1 aromatic carbocycles. The number of nitrogens with zero attached hydrogens (tertiary/aromatic N) is 6. The number of carbonyl (C=O) groups is 1. The van der Waals surface area contributed by atoms with Crippen LogP contribution in [0.1, 0.15) is 69.8 Å². The Balaban J connectivity index is 1.18. The van der Waals surface area contributed by atoms with Crippen molar-refractivity contribution >= 4 is 22.8 Å². The quantitative estimate of drug-likeness (QED) is 0.200. The Morgan fingerprint density at radius 3 is 2.62 bits per heavy atom. The summed E-state index contributed by atoms with van der Waals surface area (Å²) in [6.07, 6.45) is 19.8. The molecule has 6 rings (SSSR count). The second-order valence-electron chi connectivity index (χ2n) is 11.1. The molecule has 0 saturated heterocycles. The normalized spacial score (nSPS) is 21.7. The molecule has 1 aliphatic heterocycles. The van der Waals surface area contributed by atoms with E-state index in [2.05, 4.69) is 43.8 Å². The number of aryl methyl sites for hydroxylation is 1. The van der Waals surface area contributed by atoms with Crippen LogP contribution in [0.5, 0.6) is 11.5 Å². The van der Waals surface area contributed by atoms with Gasteiger partial charge in [0.15, 0.2) is 17.1 Å². The van der Waals surface area contributed by atoms with E-state index in [0.29, 0.717) is 23.8 Å².